The summed E-state index contributed by atoms with van der Waals surface area (Å²) in [7, 11) is 0. The highest BCUT2D eigenvalue weighted by Gasteiger charge is 2.12. The molecule has 0 aliphatic rings. The van der Waals surface area contributed by atoms with E-state index in [1.807, 2.05) is 60.0 Å². The van der Waals surface area contributed by atoms with Gasteiger partial charge in [0, 0.05) is 31.4 Å². The third-order valence-corrected chi connectivity index (χ3v) is 5.40. The molecule has 1 amide bonds. The standard InChI is InChI=1S/C24H26N4O2/c1-18(13-14-19-8-3-2-4-9-19)26-22(29)12-7-17-28-23-20(10-5-15-25-23)27-16-6-11-21(27)24(28)30/h2-6,8-11,15-16,18H,7,12-14,17H2,1H3,(H,26,29)/t18-/m0/s1. The number of carbonyl (C=O) groups is 1. The van der Waals surface area contributed by atoms with E-state index in [4.69, 9.17) is 0 Å². The van der Waals surface area contributed by atoms with Gasteiger partial charge in [0.25, 0.3) is 5.56 Å². The van der Waals surface area contributed by atoms with E-state index in [1.54, 1.807) is 10.8 Å². The number of amides is 1. The molecule has 0 saturated carbocycles. The number of hydrogen-bond donors (Lipinski definition) is 1. The van der Waals surface area contributed by atoms with Gasteiger partial charge in [-0.15, -0.1) is 0 Å². The first-order valence-corrected chi connectivity index (χ1v) is 10.4. The van der Waals surface area contributed by atoms with Crippen molar-refractivity contribution in [3.8, 4) is 0 Å². The Morgan fingerprint density at radius 3 is 2.70 bits per heavy atom. The molecule has 3 heterocycles. The predicted octanol–water partition coefficient (Wildman–Crippen LogP) is 3.57. The Morgan fingerprint density at radius 2 is 1.87 bits per heavy atom. The molecule has 6 nitrogen and oxygen atoms in total. The van der Waals surface area contributed by atoms with Crippen molar-refractivity contribution in [2.45, 2.75) is 45.2 Å². The number of fused-ring (bicyclic) bond motifs is 3. The lowest BCUT2D eigenvalue weighted by atomic mass is 10.1. The van der Waals surface area contributed by atoms with Gasteiger partial charge in [-0.05, 0) is 56.0 Å². The fourth-order valence-electron chi connectivity index (χ4n) is 3.84. The Bertz CT molecular complexity index is 1210. The van der Waals surface area contributed by atoms with E-state index < -0.39 is 0 Å². The summed E-state index contributed by atoms with van der Waals surface area (Å²) in [5, 5.41) is 3.07. The molecule has 0 fully saturated rings. The molecule has 0 aliphatic carbocycles. The largest absolute Gasteiger partial charge is 0.354 e. The highest BCUT2D eigenvalue weighted by atomic mass is 16.1. The lowest BCUT2D eigenvalue weighted by molar-refractivity contribution is -0.121. The molecular weight excluding hydrogens is 376 g/mol. The summed E-state index contributed by atoms with van der Waals surface area (Å²) in [6.45, 7) is 2.49. The minimum absolute atomic E-state index is 0.0182. The van der Waals surface area contributed by atoms with Crippen LogP contribution in [-0.4, -0.2) is 25.9 Å². The Kier molecular flexibility index (Phi) is 5.93. The fourth-order valence-corrected chi connectivity index (χ4v) is 3.84. The van der Waals surface area contributed by atoms with Crippen molar-refractivity contribution in [2.24, 2.45) is 0 Å². The fraction of sp³-hybridized carbons (Fsp3) is 0.292. The van der Waals surface area contributed by atoms with Crippen LogP contribution in [0.4, 0.5) is 0 Å². The van der Waals surface area contributed by atoms with E-state index in [1.165, 1.54) is 5.56 Å². The molecule has 0 bridgehead atoms. The molecule has 1 N–H and O–H groups in total. The number of nitrogens with one attached hydrogen (secondary N) is 1. The van der Waals surface area contributed by atoms with Gasteiger partial charge in [-0.3, -0.25) is 14.2 Å². The lowest BCUT2D eigenvalue weighted by Gasteiger charge is -2.15. The monoisotopic (exact) mass is 402 g/mol. The van der Waals surface area contributed by atoms with Gasteiger partial charge >= 0.3 is 0 Å². The third kappa shape index (κ3) is 4.27. The quantitative estimate of drug-likeness (QED) is 0.490. The number of aryl methyl sites for hydroxylation is 2. The number of pyridine rings is 1. The van der Waals surface area contributed by atoms with Gasteiger partial charge in [0.05, 0.1) is 5.52 Å². The van der Waals surface area contributed by atoms with Crippen molar-refractivity contribution in [3.63, 3.8) is 0 Å². The SMILES string of the molecule is C[C@@H](CCc1ccccc1)NC(=O)CCCn1c(=O)c2cccn2c2cccnc21. The second-order valence-electron chi connectivity index (χ2n) is 7.66. The van der Waals surface area contributed by atoms with Crippen LogP contribution in [0, 0.1) is 0 Å². The summed E-state index contributed by atoms with van der Waals surface area (Å²) < 4.78 is 3.54. The van der Waals surface area contributed by atoms with Crippen molar-refractivity contribution in [1.82, 2.24) is 19.3 Å². The molecular formula is C24H26N4O2. The number of hydrogen-bond acceptors (Lipinski definition) is 3. The predicted molar refractivity (Wildman–Crippen MR) is 119 cm³/mol. The molecule has 1 atom stereocenters. The average molecular weight is 402 g/mol. The molecule has 4 rings (SSSR count). The van der Waals surface area contributed by atoms with Crippen molar-refractivity contribution in [2.75, 3.05) is 0 Å². The molecule has 3 aromatic heterocycles. The number of carbonyl (C=O) groups excluding carboxylic acids is 1. The van der Waals surface area contributed by atoms with E-state index in [2.05, 4.69) is 22.4 Å². The van der Waals surface area contributed by atoms with Gasteiger partial charge in [-0.25, -0.2) is 4.98 Å². The first-order valence-electron chi connectivity index (χ1n) is 10.4. The Morgan fingerprint density at radius 1 is 1.07 bits per heavy atom. The molecule has 30 heavy (non-hydrogen) atoms. The molecule has 0 aliphatic heterocycles. The van der Waals surface area contributed by atoms with Crippen LogP contribution in [0.1, 0.15) is 31.7 Å². The van der Waals surface area contributed by atoms with Crippen molar-refractivity contribution < 1.29 is 4.79 Å². The van der Waals surface area contributed by atoms with Crippen molar-refractivity contribution >= 4 is 22.6 Å². The summed E-state index contributed by atoms with van der Waals surface area (Å²) in [6, 6.07) is 17.9. The number of aromatic nitrogens is 3. The third-order valence-electron chi connectivity index (χ3n) is 5.40. The van der Waals surface area contributed by atoms with Crippen molar-refractivity contribution in [3.05, 3.63) is 82.9 Å². The van der Waals surface area contributed by atoms with Crippen LogP contribution in [0.5, 0.6) is 0 Å². The zero-order valence-corrected chi connectivity index (χ0v) is 17.1. The Hall–Kier alpha value is -3.41. The van der Waals surface area contributed by atoms with Crippen LogP contribution in [0.15, 0.2) is 71.8 Å². The average Bonchev–Trinajstić information content (AvgIpc) is 3.26. The highest BCUT2D eigenvalue weighted by Crippen LogP contribution is 2.13. The van der Waals surface area contributed by atoms with E-state index in [0.29, 0.717) is 30.6 Å². The maximum Gasteiger partial charge on any atom is 0.276 e. The molecule has 6 heteroatoms. The summed E-state index contributed by atoms with van der Waals surface area (Å²) >= 11 is 0. The molecule has 0 saturated heterocycles. The number of rotatable bonds is 8. The molecule has 4 aromatic rings. The molecule has 1 aromatic carbocycles. The highest BCUT2D eigenvalue weighted by molar-refractivity contribution is 5.76. The minimum Gasteiger partial charge on any atom is -0.354 e. The molecule has 0 radical (unpaired) electrons. The van der Waals surface area contributed by atoms with Gasteiger partial charge in [0.1, 0.15) is 5.52 Å². The van der Waals surface area contributed by atoms with Crippen LogP contribution in [0.25, 0.3) is 16.7 Å². The van der Waals surface area contributed by atoms with Crippen molar-refractivity contribution in [1.29, 1.82) is 0 Å². The van der Waals surface area contributed by atoms with Crippen LogP contribution < -0.4 is 10.9 Å². The normalized spacial score (nSPS) is 12.3. The zero-order chi connectivity index (χ0) is 20.9. The smallest absolute Gasteiger partial charge is 0.276 e. The first kappa shape index (κ1) is 19.9. The summed E-state index contributed by atoms with van der Waals surface area (Å²) in [6.07, 6.45) is 6.35. The van der Waals surface area contributed by atoms with Crippen LogP contribution in [-0.2, 0) is 17.8 Å². The number of nitrogens with zero attached hydrogens (tertiary/aromatic N) is 3. The van der Waals surface area contributed by atoms with Gasteiger partial charge in [-0.1, -0.05) is 30.3 Å². The molecule has 0 spiro atoms. The molecule has 154 valence electrons. The van der Waals surface area contributed by atoms with E-state index in [9.17, 15) is 9.59 Å². The second kappa shape index (κ2) is 8.95. The van der Waals surface area contributed by atoms with Gasteiger partial charge in [-0.2, -0.15) is 0 Å². The van der Waals surface area contributed by atoms with Gasteiger partial charge in [0.15, 0.2) is 5.65 Å². The van der Waals surface area contributed by atoms with Crippen LogP contribution in [0.3, 0.4) is 0 Å². The maximum absolute atomic E-state index is 12.9. The molecule has 0 unspecified atom stereocenters. The van der Waals surface area contributed by atoms with E-state index >= 15 is 0 Å². The first-order chi connectivity index (χ1) is 14.6. The number of benzene rings is 1. The van der Waals surface area contributed by atoms with Gasteiger partial charge < -0.3 is 9.72 Å². The van der Waals surface area contributed by atoms with E-state index in [0.717, 1.165) is 18.4 Å². The van der Waals surface area contributed by atoms with Gasteiger partial charge in [0.2, 0.25) is 5.91 Å². The zero-order valence-electron chi connectivity index (χ0n) is 17.1. The van der Waals surface area contributed by atoms with E-state index in [-0.39, 0.29) is 17.5 Å². The summed E-state index contributed by atoms with van der Waals surface area (Å²) in [5.41, 5.74) is 3.34. The van der Waals surface area contributed by atoms with Crippen LogP contribution >= 0.6 is 0 Å². The Balaban J connectivity index is 1.36. The van der Waals surface area contributed by atoms with Crippen LogP contribution in [0.2, 0.25) is 0 Å². The minimum atomic E-state index is -0.0807. The topological polar surface area (TPSA) is 68.4 Å². The summed E-state index contributed by atoms with van der Waals surface area (Å²) in [4.78, 5) is 29.6. The second-order valence-corrected chi connectivity index (χ2v) is 7.66. The Labute approximate surface area is 175 Å². The maximum atomic E-state index is 12.9. The lowest BCUT2D eigenvalue weighted by Crippen LogP contribution is -2.33. The summed E-state index contributed by atoms with van der Waals surface area (Å²) in [5.74, 6) is 0.0182.